The van der Waals surface area contributed by atoms with E-state index >= 15 is 0 Å². The van der Waals surface area contributed by atoms with Gasteiger partial charge in [0.05, 0.1) is 5.56 Å². The summed E-state index contributed by atoms with van der Waals surface area (Å²) in [5.41, 5.74) is -0.370. The van der Waals surface area contributed by atoms with Crippen molar-refractivity contribution in [1.82, 2.24) is 9.97 Å². The lowest BCUT2D eigenvalue weighted by molar-refractivity contribution is -0.137. The number of alkyl halides is 3. The summed E-state index contributed by atoms with van der Waals surface area (Å²) in [6.45, 7) is 0. The Balaban J connectivity index is 1.81. The van der Waals surface area contributed by atoms with Gasteiger partial charge in [-0.05, 0) is 11.6 Å². The number of aromatic amines is 1. The highest BCUT2D eigenvalue weighted by Gasteiger charge is 2.30. The Morgan fingerprint density at radius 1 is 1.30 bits per heavy atom. The normalized spacial score (nSPS) is 12.0. The first-order chi connectivity index (χ1) is 10.8. The van der Waals surface area contributed by atoms with Crippen LogP contribution in [0.4, 0.5) is 13.2 Å². The zero-order valence-electron chi connectivity index (χ0n) is 11.3. The van der Waals surface area contributed by atoms with Gasteiger partial charge in [-0.2, -0.15) is 13.2 Å². The van der Waals surface area contributed by atoms with Crippen molar-refractivity contribution in [3.63, 3.8) is 0 Å². The topological polar surface area (TPSA) is 66.0 Å². The minimum absolute atomic E-state index is 0.160. The molecule has 2 heterocycles. The molecule has 2 N–H and O–H groups in total. The molecule has 0 bridgehead atoms. The highest BCUT2D eigenvalue weighted by molar-refractivity contribution is 8.00. The van der Waals surface area contributed by atoms with Crippen LogP contribution in [0.25, 0.3) is 10.3 Å². The minimum atomic E-state index is -4.37. The molecule has 0 aliphatic heterocycles. The lowest BCUT2D eigenvalue weighted by atomic mass is 10.1. The lowest BCUT2D eigenvalue weighted by Gasteiger charge is -2.07. The number of thioether (sulfide) groups is 1. The van der Waals surface area contributed by atoms with Gasteiger partial charge >= 0.3 is 6.18 Å². The number of H-pyrrole nitrogens is 1. The number of hydrogen-bond acceptors (Lipinski definition) is 5. The third-order valence-electron chi connectivity index (χ3n) is 2.97. The molecule has 0 aliphatic rings. The van der Waals surface area contributed by atoms with Crippen LogP contribution in [0.2, 0.25) is 0 Å². The van der Waals surface area contributed by atoms with Gasteiger partial charge < -0.3 is 10.1 Å². The molecule has 0 radical (unpaired) electrons. The summed E-state index contributed by atoms with van der Waals surface area (Å²) >= 11 is 2.41. The van der Waals surface area contributed by atoms with Gasteiger partial charge in [-0.15, -0.1) is 11.3 Å². The molecule has 0 unspecified atom stereocenters. The summed E-state index contributed by atoms with van der Waals surface area (Å²) in [6.07, 6.45) is -4.37. The Bertz CT molecular complexity index is 918. The largest absolute Gasteiger partial charge is 0.506 e. The van der Waals surface area contributed by atoms with Crippen molar-refractivity contribution in [3.8, 4) is 5.75 Å². The van der Waals surface area contributed by atoms with E-state index in [4.69, 9.17) is 0 Å². The van der Waals surface area contributed by atoms with E-state index in [-0.39, 0.29) is 11.4 Å². The third-order valence-corrected chi connectivity index (χ3v) is 5.26. The van der Waals surface area contributed by atoms with Crippen molar-refractivity contribution in [2.24, 2.45) is 0 Å². The van der Waals surface area contributed by atoms with Crippen LogP contribution in [-0.2, 0) is 11.9 Å². The predicted molar refractivity (Wildman–Crippen MR) is 82.9 cm³/mol. The average molecular weight is 358 g/mol. The number of aromatic nitrogens is 2. The summed E-state index contributed by atoms with van der Waals surface area (Å²) < 4.78 is 39.0. The molecular weight excluding hydrogens is 349 g/mol. The Kier molecular flexibility index (Phi) is 4.07. The molecular formula is C14H9F3N2O2S2. The molecule has 3 aromatic rings. The van der Waals surface area contributed by atoms with Crippen LogP contribution in [0, 0.1) is 0 Å². The highest BCUT2D eigenvalue weighted by Crippen LogP contribution is 2.35. The second-order valence-corrected chi connectivity index (χ2v) is 6.88. The van der Waals surface area contributed by atoms with E-state index in [1.165, 1.54) is 29.2 Å². The van der Waals surface area contributed by atoms with Gasteiger partial charge in [0.1, 0.15) is 10.4 Å². The number of pyridine rings is 1. The first-order valence-corrected chi connectivity index (χ1v) is 8.15. The van der Waals surface area contributed by atoms with Gasteiger partial charge in [-0.1, -0.05) is 30.0 Å². The molecule has 0 fully saturated rings. The molecule has 0 amide bonds. The fourth-order valence-corrected chi connectivity index (χ4v) is 3.90. The fraction of sp³-hybridized carbons (Fsp3) is 0.143. The molecule has 9 heteroatoms. The molecule has 4 nitrogen and oxygen atoms in total. The minimum Gasteiger partial charge on any atom is -0.506 e. The standard InChI is InChI=1S/C14H9F3N2O2S2/c15-14(16,17)8-3-1-2-7(4-8)6-22-13-19-12-11(23-13)9(20)5-10(21)18-12/h1-5H,6H2,(H2,18,20,21). The van der Waals surface area contributed by atoms with Crippen molar-refractivity contribution in [1.29, 1.82) is 0 Å². The predicted octanol–water partition coefficient (Wildman–Crippen LogP) is 4.00. The molecule has 0 saturated heterocycles. The van der Waals surface area contributed by atoms with E-state index in [1.54, 1.807) is 6.07 Å². The number of benzene rings is 1. The van der Waals surface area contributed by atoms with Crippen LogP contribution < -0.4 is 5.56 Å². The Hall–Kier alpha value is -2.00. The SMILES string of the molecule is O=c1cc(O)c2sc(SCc3cccc(C(F)(F)F)c3)nc2[nH]1. The van der Waals surface area contributed by atoms with Crippen molar-refractivity contribution in [3.05, 3.63) is 51.8 Å². The van der Waals surface area contributed by atoms with Crippen molar-refractivity contribution >= 4 is 33.4 Å². The Labute approximate surface area is 136 Å². The maximum Gasteiger partial charge on any atom is 0.416 e. The second kappa shape index (κ2) is 5.89. The first-order valence-electron chi connectivity index (χ1n) is 6.35. The van der Waals surface area contributed by atoms with Crippen molar-refractivity contribution in [2.75, 3.05) is 0 Å². The smallest absolute Gasteiger partial charge is 0.416 e. The number of halogens is 3. The van der Waals surface area contributed by atoms with E-state index in [9.17, 15) is 23.1 Å². The van der Waals surface area contributed by atoms with E-state index in [2.05, 4.69) is 9.97 Å². The summed E-state index contributed by atoms with van der Waals surface area (Å²) in [5, 5.41) is 9.69. The average Bonchev–Trinajstić information content (AvgIpc) is 2.88. The maximum absolute atomic E-state index is 12.7. The van der Waals surface area contributed by atoms with Gasteiger partial charge in [-0.25, -0.2) is 4.98 Å². The van der Waals surface area contributed by atoms with Crippen molar-refractivity contribution in [2.45, 2.75) is 16.3 Å². The van der Waals surface area contributed by atoms with E-state index in [1.807, 2.05) is 0 Å². The summed E-state index contributed by atoms with van der Waals surface area (Å²) in [5.74, 6) is 0.140. The van der Waals surface area contributed by atoms with Gasteiger partial charge in [-0.3, -0.25) is 4.79 Å². The summed E-state index contributed by atoms with van der Waals surface area (Å²) in [7, 11) is 0. The highest BCUT2D eigenvalue weighted by atomic mass is 32.2. The molecule has 120 valence electrons. The van der Waals surface area contributed by atoms with E-state index in [0.717, 1.165) is 18.2 Å². The number of aromatic hydroxyl groups is 1. The van der Waals surface area contributed by atoms with E-state index in [0.29, 0.717) is 20.4 Å². The van der Waals surface area contributed by atoms with Crippen LogP contribution in [0.5, 0.6) is 5.75 Å². The monoisotopic (exact) mass is 358 g/mol. The molecule has 0 atom stereocenters. The fourth-order valence-electron chi connectivity index (χ4n) is 1.95. The summed E-state index contributed by atoms with van der Waals surface area (Å²) in [4.78, 5) is 17.9. The quantitative estimate of drug-likeness (QED) is 0.695. The maximum atomic E-state index is 12.7. The van der Waals surface area contributed by atoms with E-state index < -0.39 is 17.3 Å². The first kappa shape index (κ1) is 15.9. The number of nitrogens with zero attached hydrogens (tertiary/aromatic N) is 1. The van der Waals surface area contributed by atoms with Crippen LogP contribution >= 0.6 is 23.1 Å². The second-order valence-electron chi connectivity index (χ2n) is 4.66. The third kappa shape index (κ3) is 3.50. The van der Waals surface area contributed by atoms with Crippen molar-refractivity contribution < 1.29 is 18.3 Å². The molecule has 0 spiro atoms. The van der Waals surface area contributed by atoms with Crippen LogP contribution in [-0.4, -0.2) is 15.1 Å². The van der Waals surface area contributed by atoms with Gasteiger partial charge in [0, 0.05) is 11.8 Å². The zero-order valence-corrected chi connectivity index (χ0v) is 13.0. The Morgan fingerprint density at radius 2 is 2.09 bits per heavy atom. The molecule has 0 saturated carbocycles. The lowest BCUT2D eigenvalue weighted by Crippen LogP contribution is -2.04. The number of hydrogen-bond donors (Lipinski definition) is 2. The molecule has 23 heavy (non-hydrogen) atoms. The molecule has 3 rings (SSSR count). The van der Waals surface area contributed by atoms with Gasteiger partial charge in [0.15, 0.2) is 9.99 Å². The van der Waals surface area contributed by atoms with Gasteiger partial charge in [0.2, 0.25) is 0 Å². The van der Waals surface area contributed by atoms with Crippen LogP contribution in [0.1, 0.15) is 11.1 Å². The molecule has 1 aromatic carbocycles. The number of nitrogens with one attached hydrogen (secondary N) is 1. The number of fused-ring (bicyclic) bond motifs is 1. The number of thiazole rings is 1. The summed E-state index contributed by atoms with van der Waals surface area (Å²) in [6, 6.07) is 6.14. The van der Waals surface area contributed by atoms with Crippen LogP contribution in [0.3, 0.4) is 0 Å². The Morgan fingerprint density at radius 3 is 2.83 bits per heavy atom. The molecule has 2 aromatic heterocycles. The van der Waals surface area contributed by atoms with Gasteiger partial charge in [0.25, 0.3) is 5.56 Å². The van der Waals surface area contributed by atoms with Crippen LogP contribution in [0.15, 0.2) is 39.5 Å². The number of rotatable bonds is 3. The molecule has 0 aliphatic carbocycles. The zero-order chi connectivity index (χ0) is 16.6.